The highest BCUT2D eigenvalue weighted by Crippen LogP contribution is 2.63. The molecule has 5 atom stereocenters. The number of halogens is 1. The van der Waals surface area contributed by atoms with Crippen molar-refractivity contribution < 1.29 is 4.79 Å². The summed E-state index contributed by atoms with van der Waals surface area (Å²) in [5.41, 5.74) is 6.66. The molecular formula is C28H27IN2O. The predicted octanol–water partition coefficient (Wildman–Crippen LogP) is 7.15. The molecule has 0 saturated heterocycles. The van der Waals surface area contributed by atoms with Crippen molar-refractivity contribution in [3.63, 3.8) is 0 Å². The first-order valence-electron chi connectivity index (χ1n) is 11.6. The number of carbonyl (C=O) groups is 1. The maximum atomic E-state index is 13.1. The Bertz CT molecular complexity index is 1190. The zero-order chi connectivity index (χ0) is 21.8. The quantitative estimate of drug-likeness (QED) is 0.351. The summed E-state index contributed by atoms with van der Waals surface area (Å²) in [7, 11) is 0. The Hall–Kier alpha value is -2.34. The Balaban J connectivity index is 1.34. The van der Waals surface area contributed by atoms with Crippen LogP contribution >= 0.6 is 22.6 Å². The summed E-state index contributed by atoms with van der Waals surface area (Å²) in [6.07, 6.45) is 4.00. The molecule has 3 aliphatic rings. The largest absolute Gasteiger partial charge is 0.378 e. The van der Waals surface area contributed by atoms with Crippen molar-refractivity contribution in [1.29, 1.82) is 0 Å². The van der Waals surface area contributed by atoms with E-state index in [-0.39, 0.29) is 5.91 Å². The van der Waals surface area contributed by atoms with E-state index in [9.17, 15) is 4.79 Å². The SMILES string of the molecule is Cc1cc(I)ccc1NC(=O)c1ccc2c(c1)[C@@H]1[C@H]3CC[C@@H](C3)[C@@H]1[C@@H](c1ccccc1)N2. The molecule has 1 aliphatic heterocycles. The molecule has 0 unspecified atom stereocenters. The van der Waals surface area contributed by atoms with Crippen molar-refractivity contribution in [3.05, 3.63) is 92.6 Å². The van der Waals surface area contributed by atoms with Gasteiger partial charge in [-0.1, -0.05) is 30.3 Å². The molecule has 3 aromatic carbocycles. The number of aryl methyl sites for hydroxylation is 1. The summed E-state index contributed by atoms with van der Waals surface area (Å²) in [5, 5.41) is 6.99. The molecule has 1 amide bonds. The molecule has 3 nitrogen and oxygen atoms in total. The molecule has 2 bridgehead atoms. The van der Waals surface area contributed by atoms with Crippen molar-refractivity contribution >= 4 is 39.9 Å². The number of hydrogen-bond acceptors (Lipinski definition) is 2. The summed E-state index contributed by atoms with van der Waals surface area (Å²) < 4.78 is 1.17. The molecule has 6 rings (SSSR count). The lowest BCUT2D eigenvalue weighted by molar-refractivity contribution is 0.102. The van der Waals surface area contributed by atoms with Gasteiger partial charge in [-0.2, -0.15) is 0 Å². The van der Waals surface area contributed by atoms with Crippen LogP contribution in [0.15, 0.2) is 66.7 Å². The van der Waals surface area contributed by atoms with Gasteiger partial charge < -0.3 is 10.6 Å². The lowest BCUT2D eigenvalue weighted by Crippen LogP contribution is -2.35. The van der Waals surface area contributed by atoms with E-state index in [1.165, 1.54) is 39.6 Å². The van der Waals surface area contributed by atoms with Crippen molar-refractivity contribution in [1.82, 2.24) is 0 Å². The third-order valence-electron chi connectivity index (χ3n) is 7.94. The highest BCUT2D eigenvalue weighted by molar-refractivity contribution is 14.1. The predicted molar refractivity (Wildman–Crippen MR) is 138 cm³/mol. The van der Waals surface area contributed by atoms with Gasteiger partial charge in [0.15, 0.2) is 0 Å². The minimum atomic E-state index is -0.0259. The monoisotopic (exact) mass is 534 g/mol. The van der Waals surface area contributed by atoms with Gasteiger partial charge in [0.05, 0.1) is 6.04 Å². The smallest absolute Gasteiger partial charge is 0.255 e. The van der Waals surface area contributed by atoms with Crippen molar-refractivity contribution in [2.45, 2.75) is 38.1 Å². The van der Waals surface area contributed by atoms with Gasteiger partial charge in [0.25, 0.3) is 5.91 Å². The third-order valence-corrected chi connectivity index (χ3v) is 8.62. The zero-order valence-corrected chi connectivity index (χ0v) is 20.3. The number of rotatable bonds is 3. The van der Waals surface area contributed by atoms with Crippen LogP contribution in [0.5, 0.6) is 0 Å². The van der Waals surface area contributed by atoms with Crippen LogP contribution in [-0.2, 0) is 0 Å². The molecule has 0 spiro atoms. The maximum absolute atomic E-state index is 13.1. The standard InChI is InChI=1S/C28H27IN2O/c1-16-13-21(29)10-12-23(16)31-28(32)20-9-11-24-22(15-20)25-18-7-8-19(14-18)26(25)27(30-24)17-5-3-2-4-6-17/h2-6,9-13,15,18-19,25-27,30H,7-8,14H2,1H3,(H,31,32)/t18-,19-,25-,26-,27+/m0/s1. The molecule has 4 heteroatoms. The number of nitrogens with one attached hydrogen (secondary N) is 2. The first-order chi connectivity index (χ1) is 15.6. The molecule has 2 N–H and O–H groups in total. The fraction of sp³-hybridized carbons (Fsp3) is 0.321. The van der Waals surface area contributed by atoms with Gasteiger partial charge in [0, 0.05) is 20.5 Å². The molecule has 162 valence electrons. The molecule has 2 fully saturated rings. The van der Waals surface area contributed by atoms with Gasteiger partial charge in [-0.15, -0.1) is 0 Å². The Morgan fingerprint density at radius 1 is 1.00 bits per heavy atom. The minimum absolute atomic E-state index is 0.0259. The van der Waals surface area contributed by atoms with E-state index in [0.29, 0.717) is 17.9 Å². The molecule has 0 radical (unpaired) electrons. The van der Waals surface area contributed by atoms with Gasteiger partial charge in [-0.05, 0) is 126 Å². The Kier molecular flexibility index (Phi) is 5.01. The average molecular weight is 534 g/mol. The normalized spacial score (nSPS) is 27.4. The van der Waals surface area contributed by atoms with E-state index in [2.05, 4.69) is 81.8 Å². The number of hydrogen-bond donors (Lipinski definition) is 2. The van der Waals surface area contributed by atoms with Crippen LogP contribution in [0, 0.1) is 28.2 Å². The highest BCUT2D eigenvalue weighted by atomic mass is 127. The highest BCUT2D eigenvalue weighted by Gasteiger charge is 2.53. The lowest BCUT2D eigenvalue weighted by atomic mass is 9.68. The van der Waals surface area contributed by atoms with Crippen LogP contribution in [0.2, 0.25) is 0 Å². The van der Waals surface area contributed by atoms with Crippen molar-refractivity contribution in [2.24, 2.45) is 17.8 Å². The Morgan fingerprint density at radius 2 is 1.81 bits per heavy atom. The first-order valence-corrected chi connectivity index (χ1v) is 12.7. The summed E-state index contributed by atoms with van der Waals surface area (Å²) in [6.45, 7) is 2.04. The minimum Gasteiger partial charge on any atom is -0.378 e. The van der Waals surface area contributed by atoms with E-state index >= 15 is 0 Å². The fourth-order valence-electron chi connectivity index (χ4n) is 6.58. The van der Waals surface area contributed by atoms with Gasteiger partial charge in [-0.3, -0.25) is 4.79 Å². The molecule has 0 aromatic heterocycles. The number of amides is 1. The second-order valence-corrected chi connectivity index (χ2v) is 10.9. The Labute approximate surface area is 203 Å². The van der Waals surface area contributed by atoms with E-state index < -0.39 is 0 Å². The van der Waals surface area contributed by atoms with E-state index in [0.717, 1.165) is 28.7 Å². The molecule has 3 aromatic rings. The van der Waals surface area contributed by atoms with E-state index in [1.807, 2.05) is 25.1 Å². The van der Waals surface area contributed by atoms with Crippen molar-refractivity contribution in [2.75, 3.05) is 10.6 Å². The van der Waals surface area contributed by atoms with Gasteiger partial charge in [0.1, 0.15) is 0 Å². The lowest BCUT2D eigenvalue weighted by Gasteiger charge is -2.43. The number of fused-ring (bicyclic) bond motifs is 7. The van der Waals surface area contributed by atoms with Crippen LogP contribution in [-0.4, -0.2) is 5.91 Å². The Morgan fingerprint density at radius 3 is 2.62 bits per heavy atom. The zero-order valence-electron chi connectivity index (χ0n) is 18.1. The van der Waals surface area contributed by atoms with Crippen LogP contribution in [0.4, 0.5) is 11.4 Å². The summed E-state index contributed by atoms with van der Waals surface area (Å²) in [5.74, 6) is 2.65. The average Bonchev–Trinajstić information content (AvgIpc) is 3.43. The second-order valence-electron chi connectivity index (χ2n) is 9.68. The molecule has 2 aliphatic carbocycles. The number of benzene rings is 3. The molecular weight excluding hydrogens is 507 g/mol. The molecule has 2 saturated carbocycles. The summed E-state index contributed by atoms with van der Waals surface area (Å²) in [4.78, 5) is 13.1. The molecule has 32 heavy (non-hydrogen) atoms. The topological polar surface area (TPSA) is 41.1 Å². The second kappa shape index (κ2) is 7.91. The summed E-state index contributed by atoms with van der Waals surface area (Å²) in [6, 6.07) is 23.7. The third kappa shape index (κ3) is 3.35. The van der Waals surface area contributed by atoms with E-state index in [1.54, 1.807) is 0 Å². The van der Waals surface area contributed by atoms with Gasteiger partial charge >= 0.3 is 0 Å². The van der Waals surface area contributed by atoms with Crippen LogP contribution < -0.4 is 10.6 Å². The van der Waals surface area contributed by atoms with E-state index in [4.69, 9.17) is 0 Å². The number of anilines is 2. The van der Waals surface area contributed by atoms with Gasteiger partial charge in [-0.25, -0.2) is 0 Å². The first kappa shape index (κ1) is 20.3. The molecule has 1 heterocycles. The van der Waals surface area contributed by atoms with Crippen LogP contribution in [0.25, 0.3) is 0 Å². The summed E-state index contributed by atoms with van der Waals surface area (Å²) >= 11 is 2.30. The maximum Gasteiger partial charge on any atom is 0.255 e. The van der Waals surface area contributed by atoms with Crippen LogP contribution in [0.3, 0.4) is 0 Å². The van der Waals surface area contributed by atoms with Crippen LogP contribution in [0.1, 0.15) is 58.3 Å². The number of carbonyl (C=O) groups excluding carboxylic acids is 1. The van der Waals surface area contributed by atoms with Gasteiger partial charge in [0.2, 0.25) is 0 Å². The van der Waals surface area contributed by atoms with Crippen molar-refractivity contribution in [3.8, 4) is 0 Å². The fourth-order valence-corrected chi connectivity index (χ4v) is 7.23.